The lowest BCUT2D eigenvalue weighted by molar-refractivity contribution is 0.0690. The second-order valence-corrected chi connectivity index (χ2v) is 3.95. The van der Waals surface area contributed by atoms with Crippen LogP contribution < -0.4 is 4.74 Å². The van der Waals surface area contributed by atoms with E-state index < -0.39 is 5.97 Å². The lowest BCUT2D eigenvalue weighted by atomic mass is 10.3. The van der Waals surface area contributed by atoms with Gasteiger partial charge in [0.1, 0.15) is 12.4 Å². The zero-order valence-corrected chi connectivity index (χ0v) is 10.8. The Morgan fingerprint density at radius 2 is 2.00 bits per heavy atom. The molecule has 2 aromatic rings. The summed E-state index contributed by atoms with van der Waals surface area (Å²) in [5.41, 5.74) is -0.0718. The van der Waals surface area contributed by atoms with Gasteiger partial charge in [-0.1, -0.05) is 23.4 Å². The summed E-state index contributed by atoms with van der Waals surface area (Å²) < 4.78 is 12.3. The molecule has 20 heavy (non-hydrogen) atoms. The summed E-state index contributed by atoms with van der Waals surface area (Å²) in [6.07, 6.45) is 1.37. The number of rotatable bonds is 8. The van der Waals surface area contributed by atoms with Gasteiger partial charge in [0.15, 0.2) is 5.69 Å². The van der Waals surface area contributed by atoms with Crippen LogP contribution in [0.25, 0.3) is 0 Å². The van der Waals surface area contributed by atoms with Crippen LogP contribution in [-0.2, 0) is 11.3 Å². The summed E-state index contributed by atoms with van der Waals surface area (Å²) in [7, 11) is 0. The Kier molecular flexibility index (Phi) is 5.08. The predicted molar refractivity (Wildman–Crippen MR) is 69.7 cm³/mol. The molecule has 1 heterocycles. The molecule has 1 aromatic heterocycles. The first kappa shape index (κ1) is 14.0. The molecule has 0 bridgehead atoms. The van der Waals surface area contributed by atoms with Crippen LogP contribution in [0, 0.1) is 0 Å². The van der Waals surface area contributed by atoms with Crippen molar-refractivity contribution in [2.45, 2.75) is 6.54 Å². The minimum absolute atomic E-state index is 0.0718. The third-order valence-electron chi connectivity index (χ3n) is 2.46. The molecule has 0 spiro atoms. The number of carboxylic acids is 1. The third kappa shape index (κ3) is 4.36. The van der Waals surface area contributed by atoms with Crippen molar-refractivity contribution in [2.24, 2.45) is 0 Å². The van der Waals surface area contributed by atoms with Crippen LogP contribution in [-0.4, -0.2) is 45.9 Å². The van der Waals surface area contributed by atoms with Gasteiger partial charge >= 0.3 is 5.97 Å². The second-order valence-electron chi connectivity index (χ2n) is 3.95. The fourth-order valence-electron chi connectivity index (χ4n) is 1.50. The number of nitrogens with zero attached hydrogens (tertiary/aromatic N) is 3. The second kappa shape index (κ2) is 7.25. The average Bonchev–Trinajstić information content (AvgIpc) is 2.93. The molecule has 0 saturated heterocycles. The summed E-state index contributed by atoms with van der Waals surface area (Å²) in [5.74, 6) is -0.285. The molecule has 1 N–H and O–H groups in total. The van der Waals surface area contributed by atoms with Crippen molar-refractivity contribution in [1.82, 2.24) is 15.0 Å². The van der Waals surface area contributed by atoms with Crippen LogP contribution in [0.15, 0.2) is 36.5 Å². The van der Waals surface area contributed by atoms with Crippen molar-refractivity contribution in [2.75, 3.05) is 19.8 Å². The molecule has 0 aliphatic rings. The molecule has 0 atom stereocenters. The van der Waals surface area contributed by atoms with E-state index >= 15 is 0 Å². The Hall–Kier alpha value is -2.41. The van der Waals surface area contributed by atoms with Gasteiger partial charge in [-0.15, -0.1) is 5.10 Å². The maximum Gasteiger partial charge on any atom is 0.358 e. The molecule has 0 amide bonds. The SMILES string of the molecule is O=C(O)c1cn(CCOCCOc2ccccc2)nn1. The van der Waals surface area contributed by atoms with Crippen molar-refractivity contribution in [1.29, 1.82) is 0 Å². The molecule has 106 valence electrons. The number of aromatic carboxylic acids is 1. The van der Waals surface area contributed by atoms with Crippen LogP contribution in [0.2, 0.25) is 0 Å². The number of carboxylic acid groups (broad SMARTS) is 1. The molecular formula is C13H15N3O4. The van der Waals surface area contributed by atoms with Gasteiger partial charge in [-0.3, -0.25) is 0 Å². The van der Waals surface area contributed by atoms with Gasteiger partial charge in [0.25, 0.3) is 0 Å². The molecular weight excluding hydrogens is 262 g/mol. The number of hydrogen-bond donors (Lipinski definition) is 1. The monoisotopic (exact) mass is 277 g/mol. The molecule has 1 aromatic carbocycles. The highest BCUT2D eigenvalue weighted by Gasteiger charge is 2.07. The topological polar surface area (TPSA) is 86.5 Å². The number of ether oxygens (including phenoxy) is 2. The van der Waals surface area contributed by atoms with E-state index in [4.69, 9.17) is 14.6 Å². The number of benzene rings is 1. The van der Waals surface area contributed by atoms with Gasteiger partial charge in [-0.05, 0) is 12.1 Å². The third-order valence-corrected chi connectivity index (χ3v) is 2.46. The van der Waals surface area contributed by atoms with Gasteiger partial charge in [-0.2, -0.15) is 0 Å². The summed E-state index contributed by atoms with van der Waals surface area (Å²) in [5, 5.41) is 15.9. The maximum atomic E-state index is 10.6. The van der Waals surface area contributed by atoms with E-state index in [0.29, 0.717) is 26.4 Å². The normalized spacial score (nSPS) is 10.4. The standard InChI is InChI=1S/C13H15N3O4/c17-13(18)12-10-16(15-14-12)6-7-19-8-9-20-11-4-2-1-3-5-11/h1-5,10H,6-9H2,(H,17,18). The summed E-state index contributed by atoms with van der Waals surface area (Å²) in [6, 6.07) is 9.49. The van der Waals surface area contributed by atoms with Crippen LogP contribution in [0.3, 0.4) is 0 Å². The molecule has 0 aliphatic carbocycles. The van der Waals surface area contributed by atoms with Crippen LogP contribution in [0.4, 0.5) is 0 Å². The average molecular weight is 277 g/mol. The largest absolute Gasteiger partial charge is 0.491 e. The van der Waals surface area contributed by atoms with Crippen LogP contribution in [0.5, 0.6) is 5.75 Å². The lowest BCUT2D eigenvalue weighted by Crippen LogP contribution is -2.11. The number of carbonyl (C=O) groups is 1. The van der Waals surface area contributed by atoms with Crippen LogP contribution >= 0.6 is 0 Å². The van der Waals surface area contributed by atoms with Gasteiger partial charge in [-0.25, -0.2) is 9.48 Å². The smallest absolute Gasteiger partial charge is 0.358 e. The fourth-order valence-corrected chi connectivity index (χ4v) is 1.50. The zero-order chi connectivity index (χ0) is 14.2. The van der Waals surface area contributed by atoms with Crippen molar-refractivity contribution in [3.8, 4) is 5.75 Å². The van der Waals surface area contributed by atoms with Crippen molar-refractivity contribution in [3.05, 3.63) is 42.2 Å². The number of para-hydroxylation sites is 1. The van der Waals surface area contributed by atoms with Gasteiger partial charge in [0.2, 0.25) is 0 Å². The Morgan fingerprint density at radius 1 is 1.20 bits per heavy atom. The van der Waals surface area contributed by atoms with Gasteiger partial charge < -0.3 is 14.6 Å². The van der Waals surface area contributed by atoms with Gasteiger partial charge in [0.05, 0.1) is 26.0 Å². The fraction of sp³-hybridized carbons (Fsp3) is 0.308. The minimum atomic E-state index is -1.09. The van der Waals surface area contributed by atoms with Crippen molar-refractivity contribution in [3.63, 3.8) is 0 Å². The highest BCUT2D eigenvalue weighted by molar-refractivity contribution is 5.84. The van der Waals surface area contributed by atoms with E-state index in [1.807, 2.05) is 30.3 Å². The summed E-state index contributed by atoms with van der Waals surface area (Å²) in [4.78, 5) is 10.6. The highest BCUT2D eigenvalue weighted by Crippen LogP contribution is 2.07. The molecule has 7 heteroatoms. The van der Waals surface area contributed by atoms with Gasteiger partial charge in [0, 0.05) is 0 Å². The Balaban J connectivity index is 1.58. The van der Waals surface area contributed by atoms with E-state index in [2.05, 4.69) is 10.3 Å². The Labute approximate surface area is 115 Å². The molecule has 0 saturated carbocycles. The van der Waals surface area contributed by atoms with E-state index in [-0.39, 0.29) is 5.69 Å². The predicted octanol–water partition coefficient (Wildman–Crippen LogP) is 1.07. The van der Waals surface area contributed by atoms with E-state index in [1.165, 1.54) is 10.9 Å². The first-order valence-corrected chi connectivity index (χ1v) is 6.15. The highest BCUT2D eigenvalue weighted by atomic mass is 16.5. The lowest BCUT2D eigenvalue weighted by Gasteiger charge is -2.06. The van der Waals surface area contributed by atoms with Crippen molar-refractivity contribution < 1.29 is 19.4 Å². The Bertz CT molecular complexity index is 542. The van der Waals surface area contributed by atoms with Crippen molar-refractivity contribution >= 4 is 5.97 Å². The van der Waals surface area contributed by atoms with E-state index in [0.717, 1.165) is 5.75 Å². The van der Waals surface area contributed by atoms with E-state index in [9.17, 15) is 4.79 Å². The number of aromatic nitrogens is 3. The first-order valence-electron chi connectivity index (χ1n) is 6.15. The van der Waals surface area contributed by atoms with E-state index in [1.54, 1.807) is 0 Å². The molecule has 0 fully saturated rings. The summed E-state index contributed by atoms with van der Waals surface area (Å²) in [6.45, 7) is 1.78. The maximum absolute atomic E-state index is 10.6. The Morgan fingerprint density at radius 3 is 2.70 bits per heavy atom. The number of hydrogen-bond acceptors (Lipinski definition) is 5. The molecule has 2 rings (SSSR count). The minimum Gasteiger partial charge on any atom is -0.491 e. The zero-order valence-electron chi connectivity index (χ0n) is 10.8. The molecule has 0 radical (unpaired) electrons. The molecule has 7 nitrogen and oxygen atoms in total. The first-order chi connectivity index (χ1) is 9.75. The quantitative estimate of drug-likeness (QED) is 0.726. The van der Waals surface area contributed by atoms with Crippen LogP contribution in [0.1, 0.15) is 10.5 Å². The molecule has 0 unspecified atom stereocenters. The summed E-state index contributed by atoms with van der Waals surface area (Å²) >= 11 is 0. The molecule has 0 aliphatic heterocycles.